The monoisotopic (exact) mass is 198 g/mol. The molecule has 0 aliphatic rings. The predicted octanol–water partition coefficient (Wildman–Crippen LogP) is 0.970. The second-order valence-electron chi connectivity index (χ2n) is 0.808. The topological polar surface area (TPSA) is 20.2 Å². The minimum atomic E-state index is 0.170. The van der Waals surface area contributed by atoms with Gasteiger partial charge in [0.1, 0.15) is 0 Å². The Hall–Kier alpha value is 0.430. The van der Waals surface area contributed by atoms with Crippen LogP contribution in [0.25, 0.3) is 0 Å². The molecule has 0 saturated heterocycles. The van der Waals surface area contributed by atoms with Crippen LogP contribution in [0, 0.1) is 0 Å². The summed E-state index contributed by atoms with van der Waals surface area (Å²) in [5, 5.41) is 8.11. The summed E-state index contributed by atoms with van der Waals surface area (Å²) in [5.41, 5.74) is 0. The fourth-order valence-corrected chi connectivity index (χ4v) is 0.497. The van der Waals surface area contributed by atoms with Crippen LogP contribution in [-0.2, 0) is 0 Å². The van der Waals surface area contributed by atoms with Gasteiger partial charge in [0.25, 0.3) is 0 Å². The predicted molar refractivity (Wildman–Crippen MR) is 35.1 cm³/mol. The first-order valence-corrected chi connectivity index (χ1v) is 3.26. The maximum atomic E-state index is 8.11. The highest BCUT2D eigenvalue weighted by Crippen LogP contribution is 1.79. The third-order valence-corrected chi connectivity index (χ3v) is 0.870. The molecule has 1 nitrogen and oxygen atoms in total. The van der Waals surface area contributed by atoms with E-state index in [1.807, 2.05) is 6.08 Å². The Bertz CT molecular complexity index is 36.8. The first kappa shape index (κ1) is 6.43. The van der Waals surface area contributed by atoms with Gasteiger partial charge in [0.15, 0.2) is 0 Å². The summed E-state index contributed by atoms with van der Waals surface area (Å²) in [7, 11) is 0. The first-order chi connectivity index (χ1) is 2.91. The number of halogens is 1. The molecule has 0 saturated carbocycles. The Morgan fingerprint density at radius 3 is 2.33 bits per heavy atom. The highest BCUT2D eigenvalue weighted by atomic mass is 127. The average molecular weight is 198 g/mol. The molecule has 0 aromatic heterocycles. The van der Waals surface area contributed by atoms with Gasteiger partial charge in [-0.25, -0.2) is 0 Å². The summed E-state index contributed by atoms with van der Waals surface area (Å²) in [6.07, 6.45) is 3.65. The molecule has 36 valence electrons. The number of rotatable bonds is 2. The number of alkyl halides is 1. The minimum Gasteiger partial charge on any atom is -0.392 e. The summed E-state index contributed by atoms with van der Waals surface area (Å²) >= 11 is 2.21. The number of hydrogen-bond donors (Lipinski definition) is 1. The van der Waals surface area contributed by atoms with E-state index >= 15 is 0 Å². The molecule has 0 amide bonds. The van der Waals surface area contributed by atoms with E-state index in [9.17, 15) is 0 Å². The van der Waals surface area contributed by atoms with Gasteiger partial charge < -0.3 is 5.11 Å². The van der Waals surface area contributed by atoms with E-state index < -0.39 is 0 Å². The van der Waals surface area contributed by atoms with Crippen molar-refractivity contribution in [2.45, 2.75) is 0 Å². The van der Waals surface area contributed by atoms with Crippen LogP contribution in [0.5, 0.6) is 0 Å². The van der Waals surface area contributed by atoms with Gasteiger partial charge in [0.05, 0.1) is 6.61 Å². The molecule has 0 radical (unpaired) electrons. The zero-order valence-corrected chi connectivity index (χ0v) is 5.55. The third-order valence-electron chi connectivity index (χ3n) is 0.361. The van der Waals surface area contributed by atoms with E-state index in [-0.39, 0.29) is 6.61 Å². The van der Waals surface area contributed by atoms with Gasteiger partial charge >= 0.3 is 0 Å². The van der Waals surface area contributed by atoms with Gasteiger partial charge in [-0.1, -0.05) is 34.7 Å². The van der Waals surface area contributed by atoms with Crippen molar-refractivity contribution in [1.82, 2.24) is 0 Å². The molecule has 0 bridgehead atoms. The number of allylic oxidation sites excluding steroid dienone is 1. The van der Waals surface area contributed by atoms with Crippen molar-refractivity contribution in [2.75, 3.05) is 11.0 Å². The highest BCUT2D eigenvalue weighted by molar-refractivity contribution is 14.1. The van der Waals surface area contributed by atoms with Gasteiger partial charge in [-0.15, -0.1) is 0 Å². The summed E-state index contributed by atoms with van der Waals surface area (Å²) in [5.74, 6) is 0. The molecule has 0 rings (SSSR count). The number of aliphatic hydroxyl groups excluding tert-OH is 1. The number of aliphatic hydroxyl groups is 1. The standard InChI is InChI=1S/C4H7IO/c5-3-1-2-4-6/h1-2,6H,3-4H2. The average Bonchev–Trinajstić information content (AvgIpc) is 1.61. The van der Waals surface area contributed by atoms with Crippen molar-refractivity contribution in [2.24, 2.45) is 0 Å². The Kier molecular flexibility index (Phi) is 5.82. The van der Waals surface area contributed by atoms with Crippen LogP contribution in [0.1, 0.15) is 0 Å². The van der Waals surface area contributed by atoms with Gasteiger partial charge in [0.2, 0.25) is 0 Å². The van der Waals surface area contributed by atoms with Crippen molar-refractivity contribution in [3.8, 4) is 0 Å². The van der Waals surface area contributed by atoms with E-state index in [1.165, 1.54) is 0 Å². The lowest BCUT2D eigenvalue weighted by Gasteiger charge is -1.71. The van der Waals surface area contributed by atoms with Gasteiger partial charge in [-0.05, 0) is 0 Å². The second kappa shape index (κ2) is 5.43. The van der Waals surface area contributed by atoms with Crippen LogP contribution >= 0.6 is 22.6 Å². The fraction of sp³-hybridized carbons (Fsp3) is 0.500. The van der Waals surface area contributed by atoms with Crippen molar-refractivity contribution < 1.29 is 5.11 Å². The second-order valence-corrected chi connectivity index (χ2v) is 1.69. The maximum Gasteiger partial charge on any atom is 0.0612 e. The highest BCUT2D eigenvalue weighted by Gasteiger charge is 1.61. The van der Waals surface area contributed by atoms with Crippen LogP contribution in [-0.4, -0.2) is 16.1 Å². The molecule has 0 atom stereocenters. The molecular weight excluding hydrogens is 191 g/mol. The molecule has 0 unspecified atom stereocenters. The Morgan fingerprint density at radius 1 is 1.50 bits per heavy atom. The zero-order chi connectivity index (χ0) is 4.83. The van der Waals surface area contributed by atoms with Crippen LogP contribution in [0.15, 0.2) is 12.2 Å². The smallest absolute Gasteiger partial charge is 0.0612 e. The molecule has 0 heterocycles. The third kappa shape index (κ3) is 4.43. The van der Waals surface area contributed by atoms with E-state index in [4.69, 9.17) is 5.11 Å². The van der Waals surface area contributed by atoms with E-state index in [0.29, 0.717) is 0 Å². The number of hydrogen-bond acceptors (Lipinski definition) is 1. The maximum absolute atomic E-state index is 8.11. The zero-order valence-electron chi connectivity index (χ0n) is 3.39. The molecule has 1 N–H and O–H groups in total. The summed E-state index contributed by atoms with van der Waals surface area (Å²) in [6.45, 7) is 0.170. The molecule has 0 aliphatic carbocycles. The van der Waals surface area contributed by atoms with Gasteiger partial charge in [-0.2, -0.15) is 0 Å². The van der Waals surface area contributed by atoms with Crippen LogP contribution in [0.4, 0.5) is 0 Å². The normalized spacial score (nSPS) is 10.3. The molecule has 0 aromatic rings. The SMILES string of the molecule is OCC=CCI. The van der Waals surface area contributed by atoms with E-state index in [0.717, 1.165) is 4.43 Å². The molecule has 6 heavy (non-hydrogen) atoms. The van der Waals surface area contributed by atoms with Crippen molar-refractivity contribution >= 4 is 22.6 Å². The molecule has 0 aromatic carbocycles. The molecule has 0 spiro atoms. The van der Waals surface area contributed by atoms with Crippen molar-refractivity contribution in [1.29, 1.82) is 0 Å². The molecular formula is C4H7IO. The Balaban J connectivity index is 2.73. The van der Waals surface area contributed by atoms with E-state index in [2.05, 4.69) is 22.6 Å². The Labute approximate surface area is 51.2 Å². The van der Waals surface area contributed by atoms with Crippen LogP contribution in [0.3, 0.4) is 0 Å². The fourth-order valence-electron chi connectivity index (χ4n) is 0.138. The van der Waals surface area contributed by atoms with Gasteiger partial charge in [0, 0.05) is 4.43 Å². The summed E-state index contributed by atoms with van der Waals surface area (Å²) in [4.78, 5) is 0. The molecule has 0 fully saturated rings. The lowest BCUT2D eigenvalue weighted by atomic mass is 10.6. The largest absolute Gasteiger partial charge is 0.392 e. The first-order valence-electron chi connectivity index (χ1n) is 1.73. The molecule has 2 heteroatoms. The summed E-state index contributed by atoms with van der Waals surface area (Å²) < 4.78 is 0.984. The minimum absolute atomic E-state index is 0.170. The van der Waals surface area contributed by atoms with E-state index in [1.54, 1.807) is 6.08 Å². The van der Waals surface area contributed by atoms with Crippen LogP contribution in [0.2, 0.25) is 0 Å². The lowest BCUT2D eigenvalue weighted by Crippen LogP contribution is -1.69. The van der Waals surface area contributed by atoms with Crippen molar-refractivity contribution in [3.63, 3.8) is 0 Å². The quantitative estimate of drug-likeness (QED) is 0.398. The lowest BCUT2D eigenvalue weighted by molar-refractivity contribution is 0.342. The van der Waals surface area contributed by atoms with Crippen molar-refractivity contribution in [3.05, 3.63) is 12.2 Å². The van der Waals surface area contributed by atoms with Crippen LogP contribution < -0.4 is 0 Å². The summed E-state index contributed by atoms with van der Waals surface area (Å²) in [6, 6.07) is 0. The Morgan fingerprint density at radius 2 is 2.17 bits per heavy atom. The van der Waals surface area contributed by atoms with Gasteiger partial charge in [-0.3, -0.25) is 0 Å². The molecule has 0 aliphatic heterocycles.